The number of nitrogens with zero attached hydrogens (tertiary/aromatic N) is 1. The van der Waals surface area contributed by atoms with E-state index >= 15 is 0 Å². The van der Waals surface area contributed by atoms with Crippen molar-refractivity contribution in [1.29, 1.82) is 0 Å². The summed E-state index contributed by atoms with van der Waals surface area (Å²) in [5, 5.41) is 4.51. The summed E-state index contributed by atoms with van der Waals surface area (Å²) in [5.74, 6) is 0. The van der Waals surface area contributed by atoms with Gasteiger partial charge in [-0.3, -0.25) is 0 Å². The Labute approximate surface area is 405 Å². The third kappa shape index (κ3) is 6.15. The van der Waals surface area contributed by atoms with Gasteiger partial charge in [0.15, 0.2) is 0 Å². The summed E-state index contributed by atoms with van der Waals surface area (Å²) in [6.45, 7) is 0. The van der Waals surface area contributed by atoms with E-state index in [-0.39, 0.29) is 0 Å². The molecule has 3 nitrogen and oxygen atoms in total. The minimum atomic E-state index is -0.483. The number of fused-ring (bicyclic) bond motifs is 9. The standard InChI is InChI=1S/C67H43NO2/c1-2-17-48(18-3-1)67(61-27-8-4-19-55(61)56-20-5-9-28-62(56)67)49-35-41-52(42-36-49)68(51-39-33-45(34-40-51)53-23-13-25-59-57-21-6-10-29-63(57)69-65(53)59)50-37-31-44(32-38-50)46-15-12-16-47(43-46)54-24-14-26-60-58-22-7-11-30-64(58)70-66(54)60/h1-43H. The molecule has 0 N–H and O–H groups in total. The van der Waals surface area contributed by atoms with E-state index in [0.717, 1.165) is 94.3 Å². The van der Waals surface area contributed by atoms with Crippen molar-refractivity contribution in [2.75, 3.05) is 4.90 Å². The van der Waals surface area contributed by atoms with Crippen LogP contribution in [0, 0.1) is 0 Å². The second-order valence-electron chi connectivity index (χ2n) is 18.3. The lowest BCUT2D eigenvalue weighted by molar-refractivity contribution is 0.669. The van der Waals surface area contributed by atoms with Crippen LogP contribution in [0.1, 0.15) is 22.3 Å². The van der Waals surface area contributed by atoms with Crippen LogP contribution in [-0.4, -0.2) is 0 Å². The Morgan fingerprint density at radius 2 is 0.686 bits per heavy atom. The number of anilines is 3. The van der Waals surface area contributed by atoms with Crippen LogP contribution in [0.4, 0.5) is 17.1 Å². The Morgan fingerprint density at radius 1 is 0.271 bits per heavy atom. The lowest BCUT2D eigenvalue weighted by atomic mass is 9.68. The highest BCUT2D eigenvalue weighted by atomic mass is 16.3. The minimum absolute atomic E-state index is 0.483. The normalized spacial score (nSPS) is 12.7. The van der Waals surface area contributed by atoms with Gasteiger partial charge in [0.25, 0.3) is 0 Å². The Morgan fingerprint density at radius 3 is 1.27 bits per heavy atom. The molecule has 3 heteroatoms. The minimum Gasteiger partial charge on any atom is -0.455 e. The largest absolute Gasteiger partial charge is 0.455 e. The number of rotatable bonds is 8. The highest BCUT2D eigenvalue weighted by molar-refractivity contribution is 6.10. The van der Waals surface area contributed by atoms with Gasteiger partial charge in [0.05, 0.1) is 5.41 Å². The van der Waals surface area contributed by atoms with Crippen LogP contribution in [-0.2, 0) is 5.41 Å². The average Bonchev–Trinajstić information content (AvgIpc) is 4.11. The predicted molar refractivity (Wildman–Crippen MR) is 289 cm³/mol. The van der Waals surface area contributed by atoms with Crippen molar-refractivity contribution in [2.45, 2.75) is 5.41 Å². The summed E-state index contributed by atoms with van der Waals surface area (Å²) in [4.78, 5) is 2.36. The van der Waals surface area contributed by atoms with E-state index in [2.05, 4.69) is 241 Å². The van der Waals surface area contributed by atoms with Crippen LogP contribution < -0.4 is 4.90 Å². The molecule has 1 aliphatic rings. The first-order valence-corrected chi connectivity index (χ1v) is 24.0. The van der Waals surface area contributed by atoms with Crippen molar-refractivity contribution in [3.05, 3.63) is 283 Å². The number of benzene rings is 11. The maximum absolute atomic E-state index is 6.49. The molecule has 70 heavy (non-hydrogen) atoms. The van der Waals surface area contributed by atoms with Crippen LogP contribution in [0.15, 0.2) is 270 Å². The molecule has 0 saturated heterocycles. The number of para-hydroxylation sites is 4. The van der Waals surface area contributed by atoms with Gasteiger partial charge in [-0.2, -0.15) is 0 Å². The number of hydrogen-bond acceptors (Lipinski definition) is 3. The fourth-order valence-corrected chi connectivity index (χ4v) is 11.4. The van der Waals surface area contributed by atoms with Crippen LogP contribution in [0.25, 0.3) is 88.4 Å². The smallest absolute Gasteiger partial charge is 0.143 e. The molecule has 328 valence electrons. The lowest BCUT2D eigenvalue weighted by Gasteiger charge is -2.34. The second kappa shape index (κ2) is 16.0. The Kier molecular flexibility index (Phi) is 9.11. The topological polar surface area (TPSA) is 29.5 Å². The molecule has 0 bridgehead atoms. The van der Waals surface area contributed by atoms with E-state index in [1.54, 1.807) is 0 Å². The van der Waals surface area contributed by atoms with Crippen LogP contribution >= 0.6 is 0 Å². The van der Waals surface area contributed by atoms with E-state index in [1.807, 2.05) is 24.3 Å². The molecule has 13 aromatic rings. The average molecular weight is 894 g/mol. The molecule has 0 saturated carbocycles. The Bertz CT molecular complexity index is 4060. The zero-order valence-corrected chi connectivity index (χ0v) is 38.1. The maximum Gasteiger partial charge on any atom is 0.143 e. The molecule has 2 heterocycles. The summed E-state index contributed by atoms with van der Waals surface area (Å²) in [6.07, 6.45) is 0. The first-order chi connectivity index (χ1) is 34.7. The molecule has 2 aromatic heterocycles. The first kappa shape index (κ1) is 39.9. The molecule has 0 aliphatic heterocycles. The quantitative estimate of drug-likeness (QED) is 0.152. The van der Waals surface area contributed by atoms with Gasteiger partial charge in [0.1, 0.15) is 22.3 Å². The highest BCUT2D eigenvalue weighted by Crippen LogP contribution is 2.56. The molecule has 0 fully saturated rings. The van der Waals surface area contributed by atoms with E-state index in [4.69, 9.17) is 8.83 Å². The highest BCUT2D eigenvalue weighted by Gasteiger charge is 2.45. The molecule has 11 aromatic carbocycles. The van der Waals surface area contributed by atoms with Gasteiger partial charge in [-0.1, -0.05) is 206 Å². The van der Waals surface area contributed by atoms with Gasteiger partial charge in [0, 0.05) is 49.7 Å². The first-order valence-electron chi connectivity index (χ1n) is 24.0. The Hall–Kier alpha value is -9.18. The van der Waals surface area contributed by atoms with E-state index in [0.29, 0.717) is 0 Å². The van der Waals surface area contributed by atoms with Gasteiger partial charge >= 0.3 is 0 Å². The molecule has 0 unspecified atom stereocenters. The molecule has 0 amide bonds. The third-order valence-corrected chi connectivity index (χ3v) is 14.6. The summed E-state index contributed by atoms with van der Waals surface area (Å²) < 4.78 is 12.9. The van der Waals surface area contributed by atoms with Crippen LogP contribution in [0.5, 0.6) is 0 Å². The third-order valence-electron chi connectivity index (χ3n) is 14.6. The SMILES string of the molecule is c1ccc(C2(c3ccc(N(c4ccc(-c5cccc(-c6cccc7c6oc6ccccc67)c5)cc4)c4ccc(-c5cccc6c5oc5ccccc56)cc4)cc3)c3ccccc3-c3ccccc32)cc1. The molecule has 0 spiro atoms. The summed E-state index contributed by atoms with van der Waals surface area (Å²) >= 11 is 0. The fraction of sp³-hybridized carbons (Fsp3) is 0.0149. The second-order valence-corrected chi connectivity index (χ2v) is 18.3. The summed E-state index contributed by atoms with van der Waals surface area (Å²) in [5.41, 5.74) is 20.6. The molecule has 0 radical (unpaired) electrons. The molecule has 0 atom stereocenters. The van der Waals surface area contributed by atoms with E-state index in [9.17, 15) is 0 Å². The van der Waals surface area contributed by atoms with Crippen molar-refractivity contribution in [3.8, 4) is 44.5 Å². The van der Waals surface area contributed by atoms with E-state index in [1.165, 1.54) is 33.4 Å². The number of furan rings is 2. The van der Waals surface area contributed by atoms with Crippen LogP contribution in [0.3, 0.4) is 0 Å². The molecular formula is C67H43NO2. The zero-order chi connectivity index (χ0) is 46.2. The molecule has 14 rings (SSSR count). The van der Waals surface area contributed by atoms with Crippen molar-refractivity contribution in [2.24, 2.45) is 0 Å². The zero-order valence-electron chi connectivity index (χ0n) is 38.1. The van der Waals surface area contributed by atoms with E-state index < -0.39 is 5.41 Å². The summed E-state index contributed by atoms with van der Waals surface area (Å²) in [6, 6.07) is 94.2. The van der Waals surface area contributed by atoms with Gasteiger partial charge in [-0.25, -0.2) is 0 Å². The Balaban J connectivity index is 0.879. The summed E-state index contributed by atoms with van der Waals surface area (Å²) in [7, 11) is 0. The van der Waals surface area contributed by atoms with Crippen molar-refractivity contribution in [1.82, 2.24) is 0 Å². The van der Waals surface area contributed by atoms with Crippen molar-refractivity contribution in [3.63, 3.8) is 0 Å². The monoisotopic (exact) mass is 893 g/mol. The van der Waals surface area contributed by atoms with Crippen LogP contribution in [0.2, 0.25) is 0 Å². The van der Waals surface area contributed by atoms with Gasteiger partial charge in [-0.15, -0.1) is 0 Å². The lowest BCUT2D eigenvalue weighted by Crippen LogP contribution is -2.28. The number of hydrogen-bond donors (Lipinski definition) is 0. The predicted octanol–water partition coefficient (Wildman–Crippen LogP) is 18.3. The van der Waals surface area contributed by atoms with Gasteiger partial charge < -0.3 is 13.7 Å². The van der Waals surface area contributed by atoms with Crippen molar-refractivity contribution < 1.29 is 8.83 Å². The maximum atomic E-state index is 6.49. The van der Waals surface area contributed by atoms with Gasteiger partial charge in [-0.05, 0) is 110 Å². The molecule has 1 aliphatic carbocycles. The van der Waals surface area contributed by atoms with Crippen molar-refractivity contribution >= 4 is 60.9 Å². The fourth-order valence-electron chi connectivity index (χ4n) is 11.4. The van der Waals surface area contributed by atoms with Gasteiger partial charge in [0.2, 0.25) is 0 Å². The molecular weight excluding hydrogens is 851 g/mol.